The minimum atomic E-state index is -3.31. The zero-order valence-electron chi connectivity index (χ0n) is 10.6. The molecule has 0 aromatic carbocycles. The molecule has 1 aromatic rings. The zero-order chi connectivity index (χ0) is 13.2. The molecule has 0 radical (unpaired) electrons. The molecule has 0 fully saturated rings. The molecule has 1 N–H and O–H groups in total. The van der Waals surface area contributed by atoms with E-state index in [1.807, 2.05) is 20.0 Å². The highest BCUT2D eigenvalue weighted by Crippen LogP contribution is 2.26. The van der Waals surface area contributed by atoms with Crippen molar-refractivity contribution in [3.8, 4) is 0 Å². The van der Waals surface area contributed by atoms with Crippen molar-refractivity contribution in [2.45, 2.75) is 24.1 Å². The molecular formula is C12H18N2O2S2. The first kappa shape index (κ1) is 13.7. The third-order valence-electron chi connectivity index (χ3n) is 2.88. The summed E-state index contributed by atoms with van der Waals surface area (Å²) in [5.74, 6) is 0. The monoisotopic (exact) mass is 286 g/mol. The maximum absolute atomic E-state index is 12.4. The Bertz CT molecular complexity index is 546. The summed E-state index contributed by atoms with van der Waals surface area (Å²) in [6, 6.07) is 3.58. The Hall–Kier alpha value is -0.690. The molecular weight excluding hydrogens is 268 g/mol. The fourth-order valence-electron chi connectivity index (χ4n) is 1.98. The van der Waals surface area contributed by atoms with E-state index in [1.165, 1.54) is 11.3 Å². The van der Waals surface area contributed by atoms with Gasteiger partial charge >= 0.3 is 0 Å². The second kappa shape index (κ2) is 5.52. The Morgan fingerprint density at radius 1 is 1.44 bits per heavy atom. The fourth-order valence-corrected chi connectivity index (χ4v) is 4.99. The summed E-state index contributed by atoms with van der Waals surface area (Å²) in [5.41, 5.74) is 1.12. The number of nitrogens with zero attached hydrogens (tertiary/aromatic N) is 1. The van der Waals surface area contributed by atoms with Crippen molar-refractivity contribution < 1.29 is 8.42 Å². The van der Waals surface area contributed by atoms with Crippen LogP contribution in [0.3, 0.4) is 0 Å². The van der Waals surface area contributed by atoms with Crippen molar-refractivity contribution in [1.29, 1.82) is 0 Å². The van der Waals surface area contributed by atoms with Crippen LogP contribution in [0.25, 0.3) is 0 Å². The summed E-state index contributed by atoms with van der Waals surface area (Å²) in [6.07, 6.45) is 2.91. The van der Waals surface area contributed by atoms with Crippen LogP contribution in [-0.4, -0.2) is 32.9 Å². The van der Waals surface area contributed by atoms with E-state index in [-0.39, 0.29) is 0 Å². The Balaban J connectivity index is 2.22. The highest BCUT2D eigenvalue weighted by atomic mass is 32.2. The van der Waals surface area contributed by atoms with Crippen LogP contribution in [0.15, 0.2) is 28.0 Å². The van der Waals surface area contributed by atoms with E-state index in [2.05, 4.69) is 11.4 Å². The van der Waals surface area contributed by atoms with Gasteiger partial charge in [0.25, 0.3) is 10.0 Å². The molecule has 1 aliphatic rings. The fraction of sp³-hybridized carbons (Fsp3) is 0.500. The van der Waals surface area contributed by atoms with Crippen LogP contribution in [0.2, 0.25) is 0 Å². The molecule has 2 rings (SSSR count). The normalized spacial score (nSPS) is 17.8. The third-order valence-corrected chi connectivity index (χ3v) is 6.28. The smallest absolute Gasteiger partial charge is 0.252 e. The lowest BCUT2D eigenvalue weighted by Gasteiger charge is -2.24. The molecule has 18 heavy (non-hydrogen) atoms. The zero-order valence-corrected chi connectivity index (χ0v) is 12.3. The predicted molar refractivity (Wildman–Crippen MR) is 74.2 cm³/mol. The Labute approximate surface area is 112 Å². The summed E-state index contributed by atoms with van der Waals surface area (Å²) in [6.45, 7) is 3.78. The molecule has 0 atom stereocenters. The van der Waals surface area contributed by atoms with Crippen LogP contribution in [-0.2, 0) is 16.6 Å². The van der Waals surface area contributed by atoms with Gasteiger partial charge in [0.15, 0.2) is 0 Å². The second-order valence-electron chi connectivity index (χ2n) is 4.43. The van der Waals surface area contributed by atoms with Crippen molar-refractivity contribution in [2.75, 3.05) is 20.1 Å². The van der Waals surface area contributed by atoms with Gasteiger partial charge in [-0.2, -0.15) is 4.31 Å². The van der Waals surface area contributed by atoms with Gasteiger partial charge in [-0.05, 0) is 32.5 Å². The first-order valence-electron chi connectivity index (χ1n) is 5.93. The largest absolute Gasteiger partial charge is 0.315 e. The van der Waals surface area contributed by atoms with Gasteiger partial charge in [-0.1, -0.05) is 11.6 Å². The average Bonchev–Trinajstić information content (AvgIpc) is 2.79. The van der Waals surface area contributed by atoms with Crippen LogP contribution in [0.4, 0.5) is 0 Å². The Kier molecular flexibility index (Phi) is 4.21. The van der Waals surface area contributed by atoms with Crippen molar-refractivity contribution >= 4 is 21.4 Å². The summed E-state index contributed by atoms with van der Waals surface area (Å²) in [4.78, 5) is 1.04. The predicted octanol–water partition coefficient (Wildman–Crippen LogP) is 1.81. The van der Waals surface area contributed by atoms with Gasteiger partial charge in [-0.25, -0.2) is 8.42 Å². The highest BCUT2D eigenvalue weighted by molar-refractivity contribution is 7.91. The van der Waals surface area contributed by atoms with E-state index in [9.17, 15) is 8.42 Å². The van der Waals surface area contributed by atoms with Crippen LogP contribution in [0.5, 0.6) is 0 Å². The van der Waals surface area contributed by atoms with Crippen LogP contribution >= 0.6 is 11.3 Å². The SMILES string of the molecule is CNCc1ccc(S(=O)(=O)N2CCC=C(C)C2)s1. The quantitative estimate of drug-likeness (QED) is 0.859. The van der Waals surface area contributed by atoms with Crippen LogP contribution in [0, 0.1) is 0 Å². The van der Waals surface area contributed by atoms with Gasteiger partial charge < -0.3 is 5.32 Å². The van der Waals surface area contributed by atoms with Crippen molar-refractivity contribution in [3.05, 3.63) is 28.7 Å². The Morgan fingerprint density at radius 2 is 2.22 bits per heavy atom. The van der Waals surface area contributed by atoms with E-state index in [1.54, 1.807) is 10.4 Å². The number of sulfonamides is 1. The third kappa shape index (κ3) is 2.83. The van der Waals surface area contributed by atoms with Crippen molar-refractivity contribution in [3.63, 3.8) is 0 Å². The molecule has 2 heterocycles. The minimum Gasteiger partial charge on any atom is -0.315 e. The van der Waals surface area contributed by atoms with Crippen molar-refractivity contribution in [1.82, 2.24) is 9.62 Å². The molecule has 6 heteroatoms. The van der Waals surface area contributed by atoms with Gasteiger partial charge in [0.2, 0.25) is 0 Å². The van der Waals surface area contributed by atoms with E-state index < -0.39 is 10.0 Å². The summed E-state index contributed by atoms with van der Waals surface area (Å²) in [7, 11) is -1.46. The number of thiophene rings is 1. The van der Waals surface area contributed by atoms with Crippen LogP contribution < -0.4 is 5.32 Å². The molecule has 100 valence electrons. The molecule has 0 bridgehead atoms. The molecule has 0 spiro atoms. The van der Waals surface area contributed by atoms with E-state index >= 15 is 0 Å². The lowest BCUT2D eigenvalue weighted by atomic mass is 10.2. The van der Waals surface area contributed by atoms with Gasteiger partial charge in [0.05, 0.1) is 0 Å². The van der Waals surface area contributed by atoms with E-state index in [0.717, 1.165) is 16.9 Å². The van der Waals surface area contributed by atoms with E-state index in [4.69, 9.17) is 0 Å². The lowest BCUT2D eigenvalue weighted by Crippen LogP contribution is -2.34. The lowest BCUT2D eigenvalue weighted by molar-refractivity contribution is 0.429. The molecule has 0 unspecified atom stereocenters. The maximum Gasteiger partial charge on any atom is 0.252 e. The summed E-state index contributed by atoms with van der Waals surface area (Å²) >= 11 is 1.35. The number of hydrogen-bond donors (Lipinski definition) is 1. The van der Waals surface area contributed by atoms with Crippen molar-refractivity contribution in [2.24, 2.45) is 0 Å². The number of hydrogen-bond acceptors (Lipinski definition) is 4. The van der Waals surface area contributed by atoms with Crippen LogP contribution in [0.1, 0.15) is 18.2 Å². The summed E-state index contributed by atoms with van der Waals surface area (Å²) in [5, 5.41) is 3.03. The molecule has 0 saturated heterocycles. The average molecular weight is 286 g/mol. The maximum atomic E-state index is 12.4. The molecule has 4 nitrogen and oxygen atoms in total. The standard InChI is InChI=1S/C12H18N2O2S2/c1-10-4-3-7-14(9-10)18(15,16)12-6-5-11(17-12)8-13-2/h4-6,13H,3,7-9H2,1-2H3. The molecule has 0 aliphatic carbocycles. The van der Waals surface area contributed by atoms with Gasteiger partial charge in [0.1, 0.15) is 4.21 Å². The van der Waals surface area contributed by atoms with Gasteiger partial charge in [-0.3, -0.25) is 0 Å². The summed E-state index contributed by atoms with van der Waals surface area (Å²) < 4.78 is 26.9. The molecule has 0 amide bonds. The second-order valence-corrected chi connectivity index (χ2v) is 7.76. The number of nitrogens with one attached hydrogen (secondary N) is 1. The molecule has 1 aromatic heterocycles. The number of rotatable bonds is 4. The van der Waals surface area contributed by atoms with Gasteiger partial charge in [0, 0.05) is 24.5 Å². The molecule has 0 saturated carbocycles. The first-order chi connectivity index (χ1) is 8.54. The molecule has 1 aliphatic heterocycles. The first-order valence-corrected chi connectivity index (χ1v) is 8.19. The minimum absolute atomic E-state index is 0.447. The highest BCUT2D eigenvalue weighted by Gasteiger charge is 2.27. The van der Waals surface area contributed by atoms with E-state index in [0.29, 0.717) is 23.8 Å². The topological polar surface area (TPSA) is 49.4 Å². The Morgan fingerprint density at radius 3 is 2.89 bits per heavy atom. The van der Waals surface area contributed by atoms with Gasteiger partial charge in [-0.15, -0.1) is 11.3 Å².